The number of nitrogens with zero attached hydrogens (tertiary/aromatic N) is 2. The van der Waals surface area contributed by atoms with E-state index in [9.17, 15) is 0 Å². The first kappa shape index (κ1) is 9.40. The zero-order chi connectivity index (χ0) is 9.97. The Balaban J connectivity index is 2.12. The molecule has 1 saturated carbocycles. The lowest BCUT2D eigenvalue weighted by Gasteiger charge is -2.06. The zero-order valence-corrected chi connectivity index (χ0v) is 8.67. The van der Waals surface area contributed by atoms with Crippen LogP contribution in [0.1, 0.15) is 24.2 Å². The quantitative estimate of drug-likeness (QED) is 0.749. The van der Waals surface area contributed by atoms with Crippen LogP contribution in [-0.2, 0) is 6.54 Å². The number of aromatic nitrogens is 2. The lowest BCUT2D eigenvalue weighted by molar-refractivity contribution is 0.783. The van der Waals surface area contributed by atoms with E-state index in [2.05, 4.69) is 20.6 Å². The minimum Gasteiger partial charge on any atom is -0.351 e. The van der Waals surface area contributed by atoms with Crippen LogP contribution in [0.2, 0.25) is 0 Å². The summed E-state index contributed by atoms with van der Waals surface area (Å²) in [6.45, 7) is 2.79. The Labute approximate surface area is 84.2 Å². The van der Waals surface area contributed by atoms with Crippen LogP contribution >= 0.6 is 0 Å². The van der Waals surface area contributed by atoms with Crippen molar-refractivity contribution in [1.82, 2.24) is 15.3 Å². The molecule has 4 nitrogen and oxygen atoms in total. The van der Waals surface area contributed by atoms with Crippen LogP contribution in [0.4, 0.5) is 5.95 Å². The van der Waals surface area contributed by atoms with Crippen LogP contribution in [0.3, 0.4) is 0 Å². The predicted molar refractivity (Wildman–Crippen MR) is 56.2 cm³/mol. The van der Waals surface area contributed by atoms with Crippen LogP contribution in [0.25, 0.3) is 0 Å². The maximum Gasteiger partial charge on any atom is 0.223 e. The average molecular weight is 192 g/mol. The lowest BCUT2D eigenvalue weighted by Crippen LogP contribution is -2.11. The van der Waals surface area contributed by atoms with Gasteiger partial charge in [0.05, 0.1) is 5.69 Å². The molecule has 0 aliphatic heterocycles. The summed E-state index contributed by atoms with van der Waals surface area (Å²) in [5.74, 6) is 0.776. The summed E-state index contributed by atoms with van der Waals surface area (Å²) in [7, 11) is 1.92. The minimum atomic E-state index is 0.610. The third-order valence-electron chi connectivity index (χ3n) is 2.18. The highest BCUT2D eigenvalue weighted by atomic mass is 15.1. The number of nitrogens with one attached hydrogen (secondary N) is 2. The molecule has 76 valence electrons. The van der Waals surface area contributed by atoms with Gasteiger partial charge in [-0.1, -0.05) is 0 Å². The maximum atomic E-state index is 4.42. The van der Waals surface area contributed by atoms with E-state index in [0.717, 1.165) is 23.9 Å². The molecule has 1 aliphatic rings. The summed E-state index contributed by atoms with van der Waals surface area (Å²) in [5, 5.41) is 6.39. The summed E-state index contributed by atoms with van der Waals surface area (Å²) in [5.41, 5.74) is 2.07. The van der Waals surface area contributed by atoms with Gasteiger partial charge in [-0.05, 0) is 32.9 Å². The SMILES string of the molecule is CNCc1cc(C)nc(NC2CC2)n1. The van der Waals surface area contributed by atoms with E-state index in [-0.39, 0.29) is 0 Å². The van der Waals surface area contributed by atoms with Crippen LogP contribution in [0, 0.1) is 6.92 Å². The Kier molecular flexibility index (Phi) is 2.63. The Morgan fingerprint density at radius 2 is 2.21 bits per heavy atom. The fourth-order valence-electron chi connectivity index (χ4n) is 1.38. The molecule has 2 rings (SSSR count). The van der Waals surface area contributed by atoms with Gasteiger partial charge in [0.15, 0.2) is 0 Å². The van der Waals surface area contributed by atoms with E-state index in [0.29, 0.717) is 6.04 Å². The third-order valence-corrected chi connectivity index (χ3v) is 2.18. The minimum absolute atomic E-state index is 0.610. The molecular weight excluding hydrogens is 176 g/mol. The van der Waals surface area contributed by atoms with Crippen molar-refractivity contribution in [1.29, 1.82) is 0 Å². The topological polar surface area (TPSA) is 49.8 Å². The maximum absolute atomic E-state index is 4.42. The molecular formula is C10H16N4. The van der Waals surface area contributed by atoms with Gasteiger partial charge in [-0.25, -0.2) is 9.97 Å². The van der Waals surface area contributed by atoms with E-state index in [1.807, 2.05) is 20.0 Å². The molecule has 0 amide bonds. The number of anilines is 1. The molecule has 2 N–H and O–H groups in total. The largest absolute Gasteiger partial charge is 0.351 e. The van der Waals surface area contributed by atoms with Gasteiger partial charge in [0.25, 0.3) is 0 Å². The number of rotatable bonds is 4. The van der Waals surface area contributed by atoms with E-state index < -0.39 is 0 Å². The van der Waals surface area contributed by atoms with E-state index in [1.54, 1.807) is 0 Å². The lowest BCUT2D eigenvalue weighted by atomic mass is 10.3. The second-order valence-electron chi connectivity index (χ2n) is 3.77. The molecule has 4 heteroatoms. The van der Waals surface area contributed by atoms with Gasteiger partial charge in [-0.3, -0.25) is 0 Å². The standard InChI is InChI=1S/C10H16N4/c1-7-5-9(6-11-2)14-10(12-7)13-8-3-4-8/h5,8,11H,3-4,6H2,1-2H3,(H,12,13,14). The van der Waals surface area contributed by atoms with Crippen molar-refractivity contribution in [3.63, 3.8) is 0 Å². The molecule has 1 aromatic heterocycles. The van der Waals surface area contributed by atoms with E-state index in [1.165, 1.54) is 12.8 Å². The van der Waals surface area contributed by atoms with Crippen molar-refractivity contribution < 1.29 is 0 Å². The molecule has 0 saturated heterocycles. The van der Waals surface area contributed by atoms with Crippen LogP contribution in [0.15, 0.2) is 6.07 Å². The number of aryl methyl sites for hydroxylation is 1. The average Bonchev–Trinajstić information content (AvgIpc) is 2.87. The highest BCUT2D eigenvalue weighted by Gasteiger charge is 2.21. The summed E-state index contributed by atoms with van der Waals surface area (Å²) >= 11 is 0. The first-order chi connectivity index (χ1) is 6.78. The summed E-state index contributed by atoms with van der Waals surface area (Å²) in [6.07, 6.45) is 2.50. The molecule has 1 fully saturated rings. The molecule has 0 radical (unpaired) electrons. The molecule has 14 heavy (non-hydrogen) atoms. The van der Waals surface area contributed by atoms with Crippen molar-refractivity contribution in [3.8, 4) is 0 Å². The monoisotopic (exact) mass is 192 g/mol. The van der Waals surface area contributed by atoms with Crippen molar-refractivity contribution in [2.45, 2.75) is 32.4 Å². The van der Waals surface area contributed by atoms with E-state index in [4.69, 9.17) is 0 Å². The van der Waals surface area contributed by atoms with Crippen molar-refractivity contribution >= 4 is 5.95 Å². The van der Waals surface area contributed by atoms with Crippen LogP contribution in [0.5, 0.6) is 0 Å². The van der Waals surface area contributed by atoms with Gasteiger partial charge < -0.3 is 10.6 Å². The Morgan fingerprint density at radius 1 is 1.43 bits per heavy atom. The fourth-order valence-corrected chi connectivity index (χ4v) is 1.38. The van der Waals surface area contributed by atoms with Crippen molar-refractivity contribution in [3.05, 3.63) is 17.5 Å². The molecule has 0 spiro atoms. The molecule has 0 atom stereocenters. The molecule has 1 heterocycles. The second kappa shape index (κ2) is 3.92. The Bertz CT molecular complexity index is 320. The first-order valence-corrected chi connectivity index (χ1v) is 5.03. The van der Waals surface area contributed by atoms with Gasteiger partial charge in [0.2, 0.25) is 5.95 Å². The molecule has 0 unspecified atom stereocenters. The summed E-state index contributed by atoms with van der Waals surface area (Å²) < 4.78 is 0. The highest BCUT2D eigenvalue weighted by molar-refractivity contribution is 5.31. The zero-order valence-electron chi connectivity index (χ0n) is 8.67. The smallest absolute Gasteiger partial charge is 0.223 e. The fraction of sp³-hybridized carbons (Fsp3) is 0.600. The third kappa shape index (κ3) is 2.42. The molecule has 0 aromatic carbocycles. The highest BCUT2D eigenvalue weighted by Crippen LogP contribution is 2.22. The molecule has 1 aliphatic carbocycles. The van der Waals surface area contributed by atoms with Gasteiger partial charge in [-0.2, -0.15) is 0 Å². The molecule has 1 aromatic rings. The van der Waals surface area contributed by atoms with E-state index >= 15 is 0 Å². The predicted octanol–water partition coefficient (Wildman–Crippen LogP) is 1.08. The second-order valence-corrected chi connectivity index (χ2v) is 3.77. The van der Waals surface area contributed by atoms with Crippen molar-refractivity contribution in [2.24, 2.45) is 0 Å². The van der Waals surface area contributed by atoms with Crippen LogP contribution < -0.4 is 10.6 Å². The Morgan fingerprint density at radius 3 is 2.86 bits per heavy atom. The van der Waals surface area contributed by atoms with Crippen LogP contribution in [-0.4, -0.2) is 23.1 Å². The summed E-state index contributed by atoms with van der Waals surface area (Å²) in [6, 6.07) is 2.62. The van der Waals surface area contributed by atoms with Gasteiger partial charge in [-0.15, -0.1) is 0 Å². The Hall–Kier alpha value is -1.16. The van der Waals surface area contributed by atoms with Crippen molar-refractivity contribution in [2.75, 3.05) is 12.4 Å². The van der Waals surface area contributed by atoms with Gasteiger partial charge in [0, 0.05) is 18.3 Å². The first-order valence-electron chi connectivity index (χ1n) is 5.03. The summed E-state index contributed by atoms with van der Waals surface area (Å²) in [4.78, 5) is 8.76. The van der Waals surface area contributed by atoms with Gasteiger partial charge >= 0.3 is 0 Å². The van der Waals surface area contributed by atoms with Gasteiger partial charge in [0.1, 0.15) is 0 Å². The number of hydrogen-bond donors (Lipinski definition) is 2. The molecule has 0 bridgehead atoms. The number of hydrogen-bond acceptors (Lipinski definition) is 4. The normalized spacial score (nSPS) is 15.6.